The predicted octanol–water partition coefficient (Wildman–Crippen LogP) is 1.90. The predicted molar refractivity (Wildman–Crippen MR) is 33.4 cm³/mol. The van der Waals surface area contributed by atoms with Gasteiger partial charge in [-0.25, -0.2) is 0 Å². The first-order chi connectivity index (χ1) is 3.31. The van der Waals surface area contributed by atoms with E-state index < -0.39 is 0 Å². The molecule has 0 radical (unpaired) electrons. The van der Waals surface area contributed by atoms with E-state index in [1.807, 2.05) is 6.26 Å². The summed E-state index contributed by atoms with van der Waals surface area (Å²) < 4.78 is 0. The molecule has 0 rings (SSSR count). The average Bonchev–Trinajstić information content (AvgIpc) is 1.68. The van der Waals surface area contributed by atoms with E-state index in [1.165, 1.54) is 11.8 Å². The molecule has 0 aromatic heterocycles. The van der Waals surface area contributed by atoms with Crippen LogP contribution >= 0.6 is 11.8 Å². The minimum Gasteiger partial charge on any atom is -0.192 e. The molecule has 0 saturated heterocycles. The molecule has 0 N–H and O–H groups in total. The molecule has 7 heavy (non-hydrogen) atoms. The quantitative estimate of drug-likeness (QED) is 0.506. The van der Waals surface area contributed by atoms with E-state index in [0.717, 1.165) is 5.03 Å². The van der Waals surface area contributed by atoms with Gasteiger partial charge in [-0.15, -0.1) is 16.9 Å². The zero-order valence-electron chi connectivity index (χ0n) is 4.51. The molecule has 0 aliphatic heterocycles. The maximum atomic E-state index is 3.64. The Morgan fingerprint density at radius 3 is 2.43 bits per heavy atom. The normalized spacial score (nSPS) is 10.0. The minimum absolute atomic E-state index is 0.752. The molecule has 0 bridgehead atoms. The van der Waals surface area contributed by atoms with Crippen LogP contribution in [0.5, 0.6) is 0 Å². The first kappa shape index (κ1) is 6.69. The van der Waals surface area contributed by atoms with Crippen LogP contribution in [0, 0.1) is 0 Å². The summed E-state index contributed by atoms with van der Waals surface area (Å²) >= 11 is 1.49. The molecule has 2 nitrogen and oxygen atoms in total. The first-order valence-corrected chi connectivity index (χ1v) is 3.06. The number of hydrogen-bond donors (Lipinski definition) is 0. The Kier molecular flexibility index (Phi) is 3.69. The summed E-state index contributed by atoms with van der Waals surface area (Å²) in [5.41, 5.74) is 0. The smallest absolute Gasteiger partial charge is 0.111 e. The molecule has 0 spiro atoms. The summed E-state index contributed by atoms with van der Waals surface area (Å²) in [5, 5.41) is 7.90. The Bertz CT molecular complexity index is 87.7. The lowest BCUT2D eigenvalue weighted by atomic mass is 11.1. The highest BCUT2D eigenvalue weighted by atomic mass is 32.2. The fourth-order valence-corrected chi connectivity index (χ4v) is 0.316. The summed E-state index contributed by atoms with van der Waals surface area (Å²) in [6.07, 6.45) is 1.91. The Morgan fingerprint density at radius 1 is 1.71 bits per heavy atom. The summed E-state index contributed by atoms with van der Waals surface area (Å²) in [6.45, 7) is 3.57. The lowest BCUT2D eigenvalue weighted by Crippen LogP contribution is -1.58. The minimum atomic E-state index is 0.752. The van der Waals surface area contributed by atoms with Gasteiger partial charge in [0.2, 0.25) is 0 Å². The molecule has 0 saturated carbocycles. The number of rotatable bonds is 2. The molecule has 0 amide bonds. The zero-order valence-corrected chi connectivity index (χ0v) is 5.33. The molecule has 3 heteroatoms. The zero-order chi connectivity index (χ0) is 5.70. The van der Waals surface area contributed by atoms with E-state index in [-0.39, 0.29) is 0 Å². The summed E-state index contributed by atoms with van der Waals surface area (Å²) in [6, 6.07) is 0. The van der Waals surface area contributed by atoms with E-state index in [9.17, 15) is 0 Å². The van der Waals surface area contributed by atoms with Gasteiger partial charge in [0.1, 0.15) is 5.03 Å². The number of nitrogens with zero attached hydrogens (tertiary/aromatic N) is 2. The molecule has 0 fully saturated rings. The molecular formula is C4H8N2S. The molecule has 40 valence electrons. The Labute approximate surface area is 47.7 Å². The molecule has 0 aliphatic rings. The van der Waals surface area contributed by atoms with Crippen molar-refractivity contribution < 1.29 is 0 Å². The second-order valence-corrected chi connectivity index (χ2v) is 1.78. The van der Waals surface area contributed by atoms with Crippen LogP contribution in [0.25, 0.3) is 0 Å². The molecule has 0 atom stereocenters. The fourth-order valence-electron chi connectivity index (χ4n) is 0.152. The fraction of sp³-hybridized carbons (Fsp3) is 0.500. The van der Waals surface area contributed by atoms with Gasteiger partial charge in [0.15, 0.2) is 0 Å². The first-order valence-electron chi connectivity index (χ1n) is 1.84. The Morgan fingerprint density at radius 2 is 2.29 bits per heavy atom. The summed E-state index contributed by atoms with van der Waals surface area (Å²) in [7, 11) is 1.63. The van der Waals surface area contributed by atoms with Crippen LogP contribution in [0.15, 0.2) is 21.8 Å². The third-order valence-corrected chi connectivity index (χ3v) is 1.00. The van der Waals surface area contributed by atoms with Crippen molar-refractivity contribution in [1.82, 2.24) is 0 Å². The van der Waals surface area contributed by atoms with Crippen LogP contribution in [-0.2, 0) is 0 Å². The number of thioether (sulfide) groups is 1. The molecular weight excluding hydrogens is 108 g/mol. The monoisotopic (exact) mass is 116 g/mol. The second kappa shape index (κ2) is 3.87. The second-order valence-electron chi connectivity index (χ2n) is 0.898. The van der Waals surface area contributed by atoms with Crippen LogP contribution < -0.4 is 0 Å². The van der Waals surface area contributed by atoms with E-state index in [2.05, 4.69) is 16.8 Å². The van der Waals surface area contributed by atoms with Gasteiger partial charge in [-0.1, -0.05) is 6.58 Å². The van der Waals surface area contributed by atoms with Crippen molar-refractivity contribution >= 4 is 11.8 Å². The van der Waals surface area contributed by atoms with E-state index in [1.54, 1.807) is 7.05 Å². The lowest BCUT2D eigenvalue weighted by Gasteiger charge is -1.83. The standard InChI is InChI=1S/C4H8N2S/c1-4(7-3)6-5-2/h1H2,2-3H3. The maximum Gasteiger partial charge on any atom is 0.111 e. The van der Waals surface area contributed by atoms with Crippen molar-refractivity contribution in [1.29, 1.82) is 0 Å². The van der Waals surface area contributed by atoms with Gasteiger partial charge >= 0.3 is 0 Å². The van der Waals surface area contributed by atoms with Crippen molar-refractivity contribution in [2.45, 2.75) is 0 Å². The molecule has 0 aliphatic carbocycles. The topological polar surface area (TPSA) is 24.7 Å². The van der Waals surface area contributed by atoms with Gasteiger partial charge in [-0.2, -0.15) is 5.11 Å². The van der Waals surface area contributed by atoms with Crippen molar-refractivity contribution in [3.05, 3.63) is 11.6 Å². The van der Waals surface area contributed by atoms with Crippen LogP contribution in [0.3, 0.4) is 0 Å². The molecule has 0 aromatic carbocycles. The third-order valence-electron chi connectivity index (χ3n) is 0.447. The summed E-state index contributed by atoms with van der Waals surface area (Å²) in [4.78, 5) is 0. The van der Waals surface area contributed by atoms with E-state index in [0.29, 0.717) is 0 Å². The van der Waals surface area contributed by atoms with Crippen molar-refractivity contribution in [3.63, 3.8) is 0 Å². The Balaban J connectivity index is 3.37. The van der Waals surface area contributed by atoms with Gasteiger partial charge in [0.05, 0.1) is 0 Å². The third kappa shape index (κ3) is 3.52. The van der Waals surface area contributed by atoms with E-state index in [4.69, 9.17) is 0 Å². The summed E-state index contributed by atoms with van der Waals surface area (Å²) in [5.74, 6) is 0. The number of hydrogen-bond acceptors (Lipinski definition) is 3. The highest BCUT2D eigenvalue weighted by molar-refractivity contribution is 8.02. The molecule has 0 aromatic rings. The van der Waals surface area contributed by atoms with Crippen LogP contribution in [0.1, 0.15) is 0 Å². The van der Waals surface area contributed by atoms with Gasteiger partial charge in [0.25, 0.3) is 0 Å². The van der Waals surface area contributed by atoms with Crippen LogP contribution in [0.4, 0.5) is 0 Å². The van der Waals surface area contributed by atoms with Gasteiger partial charge in [0, 0.05) is 7.05 Å². The highest BCUT2D eigenvalue weighted by Gasteiger charge is 1.78. The molecule has 0 unspecified atom stereocenters. The van der Waals surface area contributed by atoms with Gasteiger partial charge < -0.3 is 0 Å². The van der Waals surface area contributed by atoms with Gasteiger partial charge in [-0.3, -0.25) is 0 Å². The molecule has 0 heterocycles. The Hall–Kier alpha value is -0.310. The van der Waals surface area contributed by atoms with Crippen LogP contribution in [0.2, 0.25) is 0 Å². The average molecular weight is 116 g/mol. The highest BCUT2D eigenvalue weighted by Crippen LogP contribution is 2.08. The lowest BCUT2D eigenvalue weighted by molar-refractivity contribution is 1.15. The van der Waals surface area contributed by atoms with Crippen molar-refractivity contribution in [2.24, 2.45) is 10.2 Å². The maximum absolute atomic E-state index is 3.64. The van der Waals surface area contributed by atoms with Gasteiger partial charge in [-0.05, 0) is 6.26 Å². The van der Waals surface area contributed by atoms with Crippen molar-refractivity contribution in [3.8, 4) is 0 Å². The SMILES string of the molecule is C=C(N=NC)SC. The van der Waals surface area contributed by atoms with E-state index >= 15 is 0 Å². The largest absolute Gasteiger partial charge is 0.192 e. The van der Waals surface area contributed by atoms with Crippen molar-refractivity contribution in [2.75, 3.05) is 13.3 Å². The van der Waals surface area contributed by atoms with Crippen LogP contribution in [-0.4, -0.2) is 13.3 Å². The number of azo groups is 1.